The summed E-state index contributed by atoms with van der Waals surface area (Å²) in [5.74, 6) is 0.945. The van der Waals surface area contributed by atoms with Crippen molar-refractivity contribution in [2.75, 3.05) is 31.9 Å². The van der Waals surface area contributed by atoms with Crippen molar-refractivity contribution >= 4 is 11.4 Å². The van der Waals surface area contributed by atoms with Crippen LogP contribution in [0.15, 0.2) is 30.3 Å². The topological polar surface area (TPSA) is 62.8 Å². The van der Waals surface area contributed by atoms with Crippen LogP contribution in [0, 0.1) is 5.82 Å². The van der Waals surface area contributed by atoms with Gasteiger partial charge < -0.3 is 25.2 Å². The van der Waals surface area contributed by atoms with Crippen LogP contribution in [0.4, 0.5) is 15.8 Å². The van der Waals surface area contributed by atoms with Gasteiger partial charge in [0.2, 0.25) is 0 Å². The molecule has 3 N–H and O–H groups in total. The Balaban J connectivity index is 2.21. The largest absolute Gasteiger partial charge is 0.497 e. The van der Waals surface area contributed by atoms with E-state index in [1.54, 1.807) is 33.4 Å². The molecular formula is C17H21FN2O3. The van der Waals surface area contributed by atoms with E-state index in [0.717, 1.165) is 5.56 Å². The molecule has 0 aromatic heterocycles. The highest BCUT2D eigenvalue weighted by atomic mass is 19.1. The molecule has 0 bridgehead atoms. The third-order valence-corrected chi connectivity index (χ3v) is 3.60. The van der Waals surface area contributed by atoms with Crippen LogP contribution in [0.2, 0.25) is 0 Å². The molecule has 0 aliphatic rings. The van der Waals surface area contributed by atoms with Gasteiger partial charge in [-0.3, -0.25) is 0 Å². The summed E-state index contributed by atoms with van der Waals surface area (Å²) in [5, 5.41) is 15.2. The second kappa shape index (κ2) is 7.69. The SMILES string of the molecule is CNc1cc(NCc2ccc(OC)cc2OC)c(F)cc1CO. The molecule has 6 heteroatoms. The molecule has 0 aliphatic heterocycles. The minimum absolute atomic E-state index is 0.223. The third kappa shape index (κ3) is 3.84. The quantitative estimate of drug-likeness (QED) is 0.732. The monoisotopic (exact) mass is 320 g/mol. The second-order valence-corrected chi connectivity index (χ2v) is 4.93. The molecule has 5 nitrogen and oxygen atoms in total. The summed E-state index contributed by atoms with van der Waals surface area (Å²) in [6.07, 6.45) is 0. The number of methoxy groups -OCH3 is 2. The summed E-state index contributed by atoms with van der Waals surface area (Å²) >= 11 is 0. The number of anilines is 2. The molecular weight excluding hydrogens is 299 g/mol. The van der Waals surface area contributed by atoms with E-state index in [1.807, 2.05) is 12.1 Å². The molecule has 2 aromatic rings. The van der Waals surface area contributed by atoms with Crippen molar-refractivity contribution in [3.8, 4) is 11.5 Å². The Kier molecular flexibility index (Phi) is 5.65. The van der Waals surface area contributed by atoms with Crippen molar-refractivity contribution < 1.29 is 19.0 Å². The molecule has 0 fully saturated rings. The molecule has 124 valence electrons. The minimum Gasteiger partial charge on any atom is -0.497 e. The molecule has 0 saturated heterocycles. The predicted octanol–water partition coefficient (Wildman–Crippen LogP) is 2.99. The minimum atomic E-state index is -0.416. The number of aliphatic hydroxyl groups is 1. The van der Waals surface area contributed by atoms with Gasteiger partial charge in [-0.25, -0.2) is 4.39 Å². The Morgan fingerprint density at radius 2 is 1.83 bits per heavy atom. The van der Waals surface area contributed by atoms with E-state index in [0.29, 0.717) is 35.0 Å². The summed E-state index contributed by atoms with van der Waals surface area (Å²) in [6.45, 7) is 0.172. The van der Waals surface area contributed by atoms with E-state index in [2.05, 4.69) is 10.6 Å². The van der Waals surface area contributed by atoms with Crippen molar-refractivity contribution in [2.24, 2.45) is 0 Å². The molecule has 2 aromatic carbocycles. The van der Waals surface area contributed by atoms with E-state index in [9.17, 15) is 9.50 Å². The van der Waals surface area contributed by atoms with Gasteiger partial charge in [-0.15, -0.1) is 0 Å². The van der Waals surface area contributed by atoms with Crippen LogP contribution in [-0.2, 0) is 13.2 Å². The first kappa shape index (κ1) is 16.9. The van der Waals surface area contributed by atoms with Gasteiger partial charge in [0.1, 0.15) is 17.3 Å². The van der Waals surface area contributed by atoms with Gasteiger partial charge in [-0.2, -0.15) is 0 Å². The van der Waals surface area contributed by atoms with Crippen LogP contribution >= 0.6 is 0 Å². The average molecular weight is 320 g/mol. The Hall–Kier alpha value is -2.47. The van der Waals surface area contributed by atoms with E-state index in [4.69, 9.17) is 9.47 Å². The van der Waals surface area contributed by atoms with Crippen molar-refractivity contribution in [2.45, 2.75) is 13.2 Å². The maximum Gasteiger partial charge on any atom is 0.146 e. The first-order valence-corrected chi connectivity index (χ1v) is 7.18. The fourth-order valence-corrected chi connectivity index (χ4v) is 2.30. The Morgan fingerprint density at radius 3 is 2.43 bits per heavy atom. The van der Waals surface area contributed by atoms with Crippen LogP contribution in [-0.4, -0.2) is 26.4 Å². The van der Waals surface area contributed by atoms with Gasteiger partial charge in [0.25, 0.3) is 0 Å². The summed E-state index contributed by atoms with van der Waals surface area (Å²) < 4.78 is 24.6. The van der Waals surface area contributed by atoms with Crippen LogP contribution in [0.25, 0.3) is 0 Å². The molecule has 0 spiro atoms. The number of hydrogen-bond donors (Lipinski definition) is 3. The van der Waals surface area contributed by atoms with E-state index in [1.165, 1.54) is 6.07 Å². The highest BCUT2D eigenvalue weighted by Gasteiger charge is 2.10. The van der Waals surface area contributed by atoms with Gasteiger partial charge in [0.05, 0.1) is 26.5 Å². The summed E-state index contributed by atoms with van der Waals surface area (Å²) in [7, 11) is 4.89. The van der Waals surface area contributed by atoms with E-state index >= 15 is 0 Å². The molecule has 0 amide bonds. The van der Waals surface area contributed by atoms with Gasteiger partial charge in [0.15, 0.2) is 0 Å². The van der Waals surface area contributed by atoms with E-state index in [-0.39, 0.29) is 6.61 Å². The second-order valence-electron chi connectivity index (χ2n) is 4.93. The fraction of sp³-hybridized carbons (Fsp3) is 0.294. The fourth-order valence-electron chi connectivity index (χ4n) is 2.30. The van der Waals surface area contributed by atoms with Crippen molar-refractivity contribution in [3.05, 3.63) is 47.3 Å². The molecule has 0 aliphatic carbocycles. The standard InChI is InChI=1S/C17H21FN2O3/c1-19-15-8-16(14(18)6-12(15)10-21)20-9-11-4-5-13(22-2)7-17(11)23-3/h4-8,19-21H,9-10H2,1-3H3. The lowest BCUT2D eigenvalue weighted by Crippen LogP contribution is -2.06. The van der Waals surface area contributed by atoms with E-state index < -0.39 is 5.82 Å². The Bertz CT molecular complexity index is 677. The lowest BCUT2D eigenvalue weighted by Gasteiger charge is -2.15. The van der Waals surface area contributed by atoms with Gasteiger partial charge in [0, 0.05) is 36.5 Å². The first-order valence-electron chi connectivity index (χ1n) is 7.18. The number of aliphatic hydroxyl groups excluding tert-OH is 1. The van der Waals surface area contributed by atoms with Gasteiger partial charge in [-0.1, -0.05) is 0 Å². The number of ether oxygens (including phenoxy) is 2. The maximum atomic E-state index is 14.1. The average Bonchev–Trinajstić information content (AvgIpc) is 2.60. The number of halogens is 1. The van der Waals surface area contributed by atoms with Crippen LogP contribution in [0.5, 0.6) is 11.5 Å². The summed E-state index contributed by atoms with van der Waals surface area (Å²) in [6, 6.07) is 8.42. The van der Waals surface area contributed by atoms with Crippen LogP contribution < -0.4 is 20.1 Å². The molecule has 2 rings (SSSR count). The lowest BCUT2D eigenvalue weighted by atomic mass is 10.1. The van der Waals surface area contributed by atoms with Gasteiger partial charge >= 0.3 is 0 Å². The van der Waals surface area contributed by atoms with Crippen LogP contribution in [0.1, 0.15) is 11.1 Å². The number of nitrogens with one attached hydrogen (secondary N) is 2. The Labute approximate surface area is 135 Å². The van der Waals surface area contributed by atoms with Crippen molar-refractivity contribution in [1.82, 2.24) is 0 Å². The lowest BCUT2D eigenvalue weighted by molar-refractivity contribution is 0.282. The predicted molar refractivity (Wildman–Crippen MR) is 88.7 cm³/mol. The number of rotatable bonds is 7. The normalized spacial score (nSPS) is 10.3. The van der Waals surface area contributed by atoms with Gasteiger partial charge in [-0.05, 0) is 24.3 Å². The summed E-state index contributed by atoms with van der Waals surface area (Å²) in [5.41, 5.74) is 2.42. The maximum absolute atomic E-state index is 14.1. The number of hydrogen-bond acceptors (Lipinski definition) is 5. The van der Waals surface area contributed by atoms with Crippen molar-refractivity contribution in [1.29, 1.82) is 0 Å². The van der Waals surface area contributed by atoms with Crippen molar-refractivity contribution in [3.63, 3.8) is 0 Å². The molecule has 0 saturated carbocycles. The molecule has 0 unspecified atom stereocenters. The highest BCUT2D eigenvalue weighted by molar-refractivity contribution is 5.62. The highest BCUT2D eigenvalue weighted by Crippen LogP contribution is 2.28. The molecule has 0 heterocycles. The molecule has 0 radical (unpaired) electrons. The Morgan fingerprint density at radius 1 is 1.04 bits per heavy atom. The molecule has 0 atom stereocenters. The smallest absolute Gasteiger partial charge is 0.146 e. The molecule has 23 heavy (non-hydrogen) atoms. The number of benzene rings is 2. The van der Waals surface area contributed by atoms with Crippen LogP contribution in [0.3, 0.4) is 0 Å². The zero-order chi connectivity index (χ0) is 16.8. The third-order valence-electron chi connectivity index (χ3n) is 3.60. The zero-order valence-electron chi connectivity index (χ0n) is 13.4. The first-order chi connectivity index (χ1) is 11.1. The summed E-state index contributed by atoms with van der Waals surface area (Å²) in [4.78, 5) is 0. The zero-order valence-corrected chi connectivity index (χ0v) is 13.4.